The molecule has 0 spiro atoms. The summed E-state index contributed by atoms with van der Waals surface area (Å²) < 4.78 is 7.07. The summed E-state index contributed by atoms with van der Waals surface area (Å²) in [6.07, 6.45) is 3.66. The summed E-state index contributed by atoms with van der Waals surface area (Å²) in [5.74, 6) is 0.906. The molecule has 2 N–H and O–H groups in total. The van der Waals surface area contributed by atoms with Gasteiger partial charge in [0.05, 0.1) is 12.3 Å². The number of methoxy groups -OCH3 is 1. The highest BCUT2D eigenvalue weighted by molar-refractivity contribution is 5.69. The van der Waals surface area contributed by atoms with E-state index in [2.05, 4.69) is 41.8 Å². The topological polar surface area (TPSA) is 68.7 Å². The molecule has 2 heterocycles. The van der Waals surface area contributed by atoms with Crippen LogP contribution in [0, 0.1) is 0 Å². The second kappa shape index (κ2) is 6.41. The van der Waals surface area contributed by atoms with Gasteiger partial charge in [-0.3, -0.25) is 0 Å². The number of anilines is 1. The van der Waals surface area contributed by atoms with E-state index in [0.29, 0.717) is 13.2 Å². The number of hydrogen-bond donors (Lipinski definition) is 1. The van der Waals surface area contributed by atoms with Crippen molar-refractivity contribution < 1.29 is 4.74 Å². The Bertz CT molecular complexity index is 587. The lowest BCUT2D eigenvalue weighted by atomic mass is 9.92. The molecule has 0 aliphatic heterocycles. The molecule has 0 aromatic carbocycles. The van der Waals surface area contributed by atoms with Crippen molar-refractivity contribution in [3.63, 3.8) is 0 Å². The SMILES string of the molecule is COCCN(CCN)c1nccn2nc(C(C)(C)C)cc12. The minimum Gasteiger partial charge on any atom is -0.383 e. The van der Waals surface area contributed by atoms with Gasteiger partial charge in [-0.15, -0.1) is 0 Å². The zero-order valence-electron chi connectivity index (χ0n) is 13.3. The van der Waals surface area contributed by atoms with E-state index in [4.69, 9.17) is 10.5 Å². The van der Waals surface area contributed by atoms with Crippen LogP contribution in [-0.2, 0) is 10.2 Å². The van der Waals surface area contributed by atoms with Crippen LogP contribution in [0.2, 0.25) is 0 Å². The van der Waals surface area contributed by atoms with Crippen molar-refractivity contribution in [1.29, 1.82) is 0 Å². The van der Waals surface area contributed by atoms with Crippen molar-refractivity contribution in [3.05, 3.63) is 24.2 Å². The van der Waals surface area contributed by atoms with E-state index in [0.717, 1.165) is 30.1 Å². The minimum absolute atomic E-state index is 0.00845. The summed E-state index contributed by atoms with van der Waals surface area (Å²) >= 11 is 0. The number of hydrogen-bond acceptors (Lipinski definition) is 5. The third-order valence-electron chi connectivity index (χ3n) is 3.40. The number of rotatable bonds is 6. The maximum Gasteiger partial charge on any atom is 0.154 e. The lowest BCUT2D eigenvalue weighted by Gasteiger charge is -2.23. The molecule has 0 radical (unpaired) electrons. The lowest BCUT2D eigenvalue weighted by Crippen LogP contribution is -2.33. The Kier molecular flexibility index (Phi) is 4.80. The van der Waals surface area contributed by atoms with Crippen LogP contribution in [0.5, 0.6) is 0 Å². The summed E-state index contributed by atoms with van der Waals surface area (Å²) in [6, 6.07) is 2.11. The van der Waals surface area contributed by atoms with Gasteiger partial charge in [-0.05, 0) is 6.07 Å². The van der Waals surface area contributed by atoms with E-state index in [1.54, 1.807) is 13.3 Å². The summed E-state index contributed by atoms with van der Waals surface area (Å²) in [4.78, 5) is 6.67. The van der Waals surface area contributed by atoms with E-state index in [9.17, 15) is 0 Å². The zero-order valence-corrected chi connectivity index (χ0v) is 13.3. The van der Waals surface area contributed by atoms with E-state index in [1.807, 2.05) is 10.7 Å². The standard InChI is InChI=1S/C15H25N5O/c1-15(2,3)13-11-12-14(17-6-8-20(12)18-13)19(7-5-16)9-10-21-4/h6,8,11H,5,7,9-10,16H2,1-4H3. The molecule has 0 amide bonds. The van der Waals surface area contributed by atoms with Gasteiger partial charge in [-0.2, -0.15) is 5.10 Å². The van der Waals surface area contributed by atoms with Crippen LogP contribution >= 0.6 is 0 Å². The van der Waals surface area contributed by atoms with Crippen molar-refractivity contribution in [1.82, 2.24) is 14.6 Å². The second-order valence-corrected chi connectivity index (χ2v) is 6.13. The number of aromatic nitrogens is 3. The highest BCUT2D eigenvalue weighted by Gasteiger charge is 2.20. The third kappa shape index (κ3) is 3.51. The molecule has 0 aliphatic carbocycles. The highest BCUT2D eigenvalue weighted by atomic mass is 16.5. The van der Waals surface area contributed by atoms with E-state index in [-0.39, 0.29) is 5.41 Å². The van der Waals surface area contributed by atoms with Crippen molar-refractivity contribution in [2.24, 2.45) is 5.73 Å². The number of nitrogens with zero attached hydrogens (tertiary/aromatic N) is 4. The Morgan fingerprint density at radius 2 is 2.10 bits per heavy atom. The number of ether oxygens (including phenoxy) is 1. The Labute approximate surface area is 125 Å². The van der Waals surface area contributed by atoms with Crippen LogP contribution in [0.1, 0.15) is 26.5 Å². The van der Waals surface area contributed by atoms with Gasteiger partial charge in [0.25, 0.3) is 0 Å². The molecule has 0 saturated heterocycles. The van der Waals surface area contributed by atoms with Gasteiger partial charge >= 0.3 is 0 Å². The summed E-state index contributed by atoms with van der Waals surface area (Å²) in [5, 5.41) is 4.65. The Morgan fingerprint density at radius 3 is 2.71 bits per heavy atom. The summed E-state index contributed by atoms with van der Waals surface area (Å²) in [6.45, 7) is 9.19. The van der Waals surface area contributed by atoms with Gasteiger partial charge in [-0.1, -0.05) is 20.8 Å². The summed E-state index contributed by atoms with van der Waals surface area (Å²) in [7, 11) is 1.70. The quantitative estimate of drug-likeness (QED) is 0.872. The van der Waals surface area contributed by atoms with Crippen molar-refractivity contribution in [2.75, 3.05) is 38.3 Å². The van der Waals surface area contributed by atoms with Gasteiger partial charge in [0.1, 0.15) is 5.52 Å². The van der Waals surface area contributed by atoms with Gasteiger partial charge < -0.3 is 15.4 Å². The monoisotopic (exact) mass is 291 g/mol. The van der Waals surface area contributed by atoms with Crippen LogP contribution < -0.4 is 10.6 Å². The smallest absolute Gasteiger partial charge is 0.154 e. The number of nitrogens with two attached hydrogens (primary N) is 1. The fourth-order valence-electron chi connectivity index (χ4n) is 2.20. The van der Waals surface area contributed by atoms with E-state index >= 15 is 0 Å². The van der Waals surface area contributed by atoms with Gasteiger partial charge in [0.15, 0.2) is 5.82 Å². The first-order valence-corrected chi connectivity index (χ1v) is 7.26. The first kappa shape index (κ1) is 15.7. The molecule has 2 rings (SSSR count). The van der Waals surface area contributed by atoms with Gasteiger partial charge in [0.2, 0.25) is 0 Å². The van der Waals surface area contributed by atoms with Crippen LogP contribution in [0.15, 0.2) is 18.5 Å². The van der Waals surface area contributed by atoms with Crippen LogP contribution in [0.3, 0.4) is 0 Å². The van der Waals surface area contributed by atoms with E-state index in [1.165, 1.54) is 0 Å². The van der Waals surface area contributed by atoms with Gasteiger partial charge in [0, 0.05) is 44.6 Å². The fourth-order valence-corrected chi connectivity index (χ4v) is 2.20. The van der Waals surface area contributed by atoms with Crippen LogP contribution in [0.4, 0.5) is 5.82 Å². The Hall–Kier alpha value is -1.66. The molecule has 6 nitrogen and oxygen atoms in total. The molecule has 0 saturated carbocycles. The molecule has 0 atom stereocenters. The Balaban J connectivity index is 2.44. The molecule has 2 aromatic heterocycles. The second-order valence-electron chi connectivity index (χ2n) is 6.13. The molecule has 0 unspecified atom stereocenters. The predicted molar refractivity (Wildman–Crippen MR) is 84.8 cm³/mol. The molecule has 2 aromatic rings. The first-order valence-electron chi connectivity index (χ1n) is 7.26. The average molecular weight is 291 g/mol. The zero-order chi connectivity index (χ0) is 15.5. The maximum absolute atomic E-state index is 5.72. The molecular formula is C15H25N5O. The largest absolute Gasteiger partial charge is 0.383 e. The molecule has 6 heteroatoms. The number of fused-ring (bicyclic) bond motifs is 1. The molecule has 0 aliphatic rings. The van der Waals surface area contributed by atoms with E-state index < -0.39 is 0 Å². The van der Waals surface area contributed by atoms with Crippen LogP contribution in [0.25, 0.3) is 5.52 Å². The summed E-state index contributed by atoms with van der Waals surface area (Å²) in [5.41, 5.74) is 7.79. The normalized spacial score (nSPS) is 12.0. The molecule has 0 bridgehead atoms. The van der Waals surface area contributed by atoms with Crippen molar-refractivity contribution in [2.45, 2.75) is 26.2 Å². The molecule has 0 fully saturated rings. The molecule has 21 heavy (non-hydrogen) atoms. The molecular weight excluding hydrogens is 266 g/mol. The molecule has 116 valence electrons. The third-order valence-corrected chi connectivity index (χ3v) is 3.40. The van der Waals surface area contributed by atoms with Crippen LogP contribution in [-0.4, -0.2) is 47.9 Å². The lowest BCUT2D eigenvalue weighted by molar-refractivity contribution is 0.205. The average Bonchev–Trinajstić information content (AvgIpc) is 2.87. The fraction of sp³-hybridized carbons (Fsp3) is 0.600. The minimum atomic E-state index is 0.00845. The van der Waals surface area contributed by atoms with Crippen molar-refractivity contribution in [3.8, 4) is 0 Å². The maximum atomic E-state index is 5.72. The predicted octanol–water partition coefficient (Wildman–Crippen LogP) is 1.44. The Morgan fingerprint density at radius 1 is 1.33 bits per heavy atom. The highest BCUT2D eigenvalue weighted by Crippen LogP contribution is 2.26. The van der Waals surface area contributed by atoms with Crippen molar-refractivity contribution >= 4 is 11.3 Å². The first-order chi connectivity index (χ1) is 9.97. The van der Waals surface area contributed by atoms with Gasteiger partial charge in [-0.25, -0.2) is 9.50 Å².